The third-order valence-electron chi connectivity index (χ3n) is 3.28. The molecule has 0 spiro atoms. The standard InChI is InChI=1S/C9H19NO/c1-8(11-4)9(2)6-5-7-10(9)3/h8H,5-7H2,1-4H3/t8-,9-/m0/s1. The molecule has 1 aliphatic heterocycles. The zero-order valence-corrected chi connectivity index (χ0v) is 8.05. The summed E-state index contributed by atoms with van der Waals surface area (Å²) < 4.78 is 5.37. The van der Waals surface area contributed by atoms with E-state index in [1.165, 1.54) is 19.4 Å². The van der Waals surface area contributed by atoms with Crippen LogP contribution in [-0.2, 0) is 4.74 Å². The summed E-state index contributed by atoms with van der Waals surface area (Å²) >= 11 is 0. The van der Waals surface area contributed by atoms with Crippen LogP contribution in [0.2, 0.25) is 0 Å². The number of hydrogen-bond acceptors (Lipinski definition) is 2. The van der Waals surface area contributed by atoms with Gasteiger partial charge in [-0.25, -0.2) is 0 Å². The summed E-state index contributed by atoms with van der Waals surface area (Å²) in [6.45, 7) is 5.65. The Bertz CT molecular complexity index is 138. The van der Waals surface area contributed by atoms with Gasteiger partial charge in [0.2, 0.25) is 0 Å². The molecule has 0 N–H and O–H groups in total. The Labute approximate surface area is 69.5 Å². The second kappa shape index (κ2) is 3.11. The van der Waals surface area contributed by atoms with Crippen molar-refractivity contribution in [2.75, 3.05) is 20.7 Å². The lowest BCUT2D eigenvalue weighted by molar-refractivity contribution is -0.00355. The van der Waals surface area contributed by atoms with Gasteiger partial charge in [-0.15, -0.1) is 0 Å². The molecule has 1 rings (SSSR count). The maximum absolute atomic E-state index is 5.37. The highest BCUT2D eigenvalue weighted by molar-refractivity contribution is 4.94. The molecule has 0 radical (unpaired) electrons. The number of nitrogens with zero attached hydrogens (tertiary/aromatic N) is 1. The molecule has 0 bridgehead atoms. The smallest absolute Gasteiger partial charge is 0.0724 e. The minimum Gasteiger partial charge on any atom is -0.380 e. The third-order valence-corrected chi connectivity index (χ3v) is 3.28. The van der Waals surface area contributed by atoms with Crippen molar-refractivity contribution < 1.29 is 4.74 Å². The summed E-state index contributed by atoms with van der Waals surface area (Å²) in [5.74, 6) is 0. The molecule has 2 heteroatoms. The van der Waals surface area contributed by atoms with E-state index in [4.69, 9.17) is 4.74 Å². The lowest BCUT2D eigenvalue weighted by atomic mass is 9.93. The van der Waals surface area contributed by atoms with Crippen LogP contribution in [0.5, 0.6) is 0 Å². The van der Waals surface area contributed by atoms with E-state index in [0.29, 0.717) is 6.10 Å². The predicted octanol–water partition coefficient (Wildman–Crippen LogP) is 1.51. The number of likely N-dealkylation sites (tertiary alicyclic amines) is 1. The fraction of sp³-hybridized carbons (Fsp3) is 1.00. The number of likely N-dealkylation sites (N-methyl/N-ethyl adjacent to an activating group) is 1. The van der Waals surface area contributed by atoms with Crippen molar-refractivity contribution in [1.82, 2.24) is 4.90 Å². The fourth-order valence-corrected chi connectivity index (χ4v) is 1.89. The van der Waals surface area contributed by atoms with Gasteiger partial charge in [0.15, 0.2) is 0 Å². The summed E-state index contributed by atoms with van der Waals surface area (Å²) in [6, 6.07) is 0. The number of hydrogen-bond donors (Lipinski definition) is 0. The normalized spacial score (nSPS) is 36.0. The quantitative estimate of drug-likeness (QED) is 0.602. The van der Waals surface area contributed by atoms with E-state index in [9.17, 15) is 0 Å². The van der Waals surface area contributed by atoms with Crippen LogP contribution < -0.4 is 0 Å². The summed E-state index contributed by atoms with van der Waals surface area (Å²) in [5.41, 5.74) is 0.273. The van der Waals surface area contributed by atoms with Crippen LogP contribution in [-0.4, -0.2) is 37.2 Å². The van der Waals surface area contributed by atoms with E-state index in [2.05, 4.69) is 25.8 Å². The van der Waals surface area contributed by atoms with Gasteiger partial charge in [-0.05, 0) is 40.3 Å². The van der Waals surface area contributed by atoms with Crippen molar-refractivity contribution in [2.45, 2.75) is 38.3 Å². The van der Waals surface area contributed by atoms with Crippen molar-refractivity contribution in [1.29, 1.82) is 0 Å². The van der Waals surface area contributed by atoms with Gasteiger partial charge in [0.1, 0.15) is 0 Å². The molecular formula is C9H19NO. The van der Waals surface area contributed by atoms with Crippen LogP contribution in [0.25, 0.3) is 0 Å². The molecule has 0 aromatic carbocycles. The van der Waals surface area contributed by atoms with E-state index in [-0.39, 0.29) is 5.54 Å². The molecule has 66 valence electrons. The Morgan fingerprint density at radius 3 is 2.55 bits per heavy atom. The topological polar surface area (TPSA) is 12.5 Å². The van der Waals surface area contributed by atoms with Crippen LogP contribution in [0, 0.1) is 0 Å². The molecule has 2 atom stereocenters. The van der Waals surface area contributed by atoms with Crippen LogP contribution in [0.3, 0.4) is 0 Å². The van der Waals surface area contributed by atoms with Gasteiger partial charge in [0, 0.05) is 12.6 Å². The predicted molar refractivity (Wildman–Crippen MR) is 46.7 cm³/mol. The van der Waals surface area contributed by atoms with E-state index < -0.39 is 0 Å². The van der Waals surface area contributed by atoms with E-state index >= 15 is 0 Å². The van der Waals surface area contributed by atoms with Gasteiger partial charge in [-0.2, -0.15) is 0 Å². The van der Waals surface area contributed by atoms with Gasteiger partial charge in [-0.3, -0.25) is 4.90 Å². The van der Waals surface area contributed by atoms with Crippen molar-refractivity contribution in [3.8, 4) is 0 Å². The Morgan fingerprint density at radius 2 is 2.18 bits per heavy atom. The highest BCUT2D eigenvalue weighted by atomic mass is 16.5. The highest BCUT2D eigenvalue weighted by Crippen LogP contribution is 2.31. The molecule has 0 amide bonds. The molecule has 11 heavy (non-hydrogen) atoms. The molecule has 1 heterocycles. The van der Waals surface area contributed by atoms with Crippen LogP contribution in [0.15, 0.2) is 0 Å². The Morgan fingerprint density at radius 1 is 1.55 bits per heavy atom. The van der Waals surface area contributed by atoms with E-state index in [1.54, 1.807) is 7.11 Å². The monoisotopic (exact) mass is 157 g/mol. The summed E-state index contributed by atoms with van der Waals surface area (Å²) in [5, 5.41) is 0. The lowest BCUT2D eigenvalue weighted by Gasteiger charge is -2.37. The van der Waals surface area contributed by atoms with Gasteiger partial charge >= 0.3 is 0 Å². The van der Waals surface area contributed by atoms with Crippen molar-refractivity contribution in [3.05, 3.63) is 0 Å². The SMILES string of the molecule is CO[C@@H](C)[C@]1(C)CCCN1C. The van der Waals surface area contributed by atoms with Crippen molar-refractivity contribution >= 4 is 0 Å². The van der Waals surface area contributed by atoms with Crippen LogP contribution >= 0.6 is 0 Å². The minimum absolute atomic E-state index is 0.273. The molecular weight excluding hydrogens is 138 g/mol. The first-order valence-electron chi connectivity index (χ1n) is 4.35. The maximum Gasteiger partial charge on any atom is 0.0724 e. The number of methoxy groups -OCH3 is 1. The molecule has 0 saturated carbocycles. The average molecular weight is 157 g/mol. The summed E-state index contributed by atoms with van der Waals surface area (Å²) in [7, 11) is 3.98. The highest BCUT2D eigenvalue weighted by Gasteiger charge is 2.38. The average Bonchev–Trinajstić information content (AvgIpc) is 2.32. The molecule has 1 fully saturated rings. The molecule has 1 saturated heterocycles. The van der Waals surface area contributed by atoms with Gasteiger partial charge in [0.25, 0.3) is 0 Å². The third kappa shape index (κ3) is 1.42. The van der Waals surface area contributed by atoms with Gasteiger partial charge in [-0.1, -0.05) is 0 Å². The first-order valence-corrected chi connectivity index (χ1v) is 4.35. The number of ether oxygens (including phenoxy) is 1. The first kappa shape index (κ1) is 9.01. The Kier molecular flexibility index (Phi) is 2.55. The first-order chi connectivity index (χ1) is 5.11. The van der Waals surface area contributed by atoms with Crippen molar-refractivity contribution in [3.63, 3.8) is 0 Å². The molecule has 0 aliphatic carbocycles. The molecule has 0 aromatic heterocycles. The maximum atomic E-state index is 5.37. The summed E-state index contributed by atoms with van der Waals surface area (Å²) in [6.07, 6.45) is 2.91. The second-order valence-electron chi connectivity index (χ2n) is 3.76. The van der Waals surface area contributed by atoms with Gasteiger partial charge in [0.05, 0.1) is 6.10 Å². The van der Waals surface area contributed by atoms with Crippen LogP contribution in [0.4, 0.5) is 0 Å². The Balaban J connectivity index is 2.64. The Hall–Kier alpha value is -0.0800. The molecule has 2 nitrogen and oxygen atoms in total. The second-order valence-corrected chi connectivity index (χ2v) is 3.76. The minimum atomic E-state index is 0.273. The summed E-state index contributed by atoms with van der Waals surface area (Å²) in [4.78, 5) is 2.40. The largest absolute Gasteiger partial charge is 0.380 e. The zero-order chi connectivity index (χ0) is 8.48. The fourth-order valence-electron chi connectivity index (χ4n) is 1.89. The van der Waals surface area contributed by atoms with Gasteiger partial charge < -0.3 is 4.74 Å². The van der Waals surface area contributed by atoms with E-state index in [1.807, 2.05) is 0 Å². The molecule has 0 unspecified atom stereocenters. The van der Waals surface area contributed by atoms with E-state index in [0.717, 1.165) is 0 Å². The molecule has 1 aliphatic rings. The van der Waals surface area contributed by atoms with Crippen molar-refractivity contribution in [2.24, 2.45) is 0 Å². The molecule has 0 aromatic rings. The number of rotatable bonds is 2. The zero-order valence-electron chi connectivity index (χ0n) is 8.05. The lowest BCUT2D eigenvalue weighted by Crippen LogP contribution is -2.47. The van der Waals surface area contributed by atoms with Crippen LogP contribution in [0.1, 0.15) is 26.7 Å².